The van der Waals surface area contributed by atoms with E-state index in [4.69, 9.17) is 9.47 Å². The molecule has 24 heavy (non-hydrogen) atoms. The zero-order valence-corrected chi connectivity index (χ0v) is 15.1. The van der Waals surface area contributed by atoms with Gasteiger partial charge in [-0.15, -0.1) is 0 Å². The highest BCUT2D eigenvalue weighted by atomic mass is 16.5. The average molecular weight is 329 g/mol. The number of methoxy groups -OCH3 is 1. The fraction of sp³-hybridized carbons (Fsp3) is 0.550. The number of fused-ring (bicyclic) bond motifs is 1. The SMILES string of the molecule is CCC(=O)OC1=CC[C@@]2(c3ccc(OC)c(C)c3)CCN(C)[C@H]2C1. The largest absolute Gasteiger partial charge is 0.496 e. The molecule has 1 aromatic carbocycles. The fourth-order valence-electron chi connectivity index (χ4n) is 4.22. The van der Waals surface area contributed by atoms with E-state index in [1.165, 1.54) is 11.1 Å². The van der Waals surface area contributed by atoms with Gasteiger partial charge in [-0.05, 0) is 56.6 Å². The Hall–Kier alpha value is -1.81. The second-order valence-electron chi connectivity index (χ2n) is 6.99. The molecule has 0 amide bonds. The normalized spacial score (nSPS) is 26.7. The maximum absolute atomic E-state index is 11.6. The number of likely N-dealkylation sites (tertiary alicyclic amines) is 1. The van der Waals surface area contributed by atoms with Gasteiger partial charge in [0.1, 0.15) is 11.5 Å². The number of benzene rings is 1. The lowest BCUT2D eigenvalue weighted by Gasteiger charge is -2.40. The number of hydrogen-bond donors (Lipinski definition) is 0. The van der Waals surface area contributed by atoms with Crippen LogP contribution in [0.3, 0.4) is 0 Å². The van der Waals surface area contributed by atoms with E-state index in [2.05, 4.69) is 43.1 Å². The molecule has 3 rings (SSSR count). The van der Waals surface area contributed by atoms with E-state index in [0.717, 1.165) is 37.3 Å². The molecule has 1 aliphatic heterocycles. The number of aryl methyl sites for hydroxylation is 1. The molecule has 0 spiro atoms. The molecule has 1 aromatic rings. The lowest BCUT2D eigenvalue weighted by Crippen LogP contribution is -2.43. The van der Waals surface area contributed by atoms with Gasteiger partial charge in [0.15, 0.2) is 0 Å². The average Bonchev–Trinajstić information content (AvgIpc) is 2.92. The second-order valence-corrected chi connectivity index (χ2v) is 6.99. The summed E-state index contributed by atoms with van der Waals surface area (Å²) in [5.41, 5.74) is 2.64. The quantitative estimate of drug-likeness (QED) is 0.792. The number of esters is 1. The Morgan fingerprint density at radius 1 is 1.42 bits per heavy atom. The van der Waals surface area contributed by atoms with Crippen LogP contribution in [-0.2, 0) is 14.9 Å². The van der Waals surface area contributed by atoms with Gasteiger partial charge in [-0.1, -0.05) is 19.1 Å². The van der Waals surface area contributed by atoms with Gasteiger partial charge in [0, 0.05) is 24.3 Å². The number of rotatable bonds is 4. The Labute approximate surface area is 144 Å². The number of nitrogens with zero attached hydrogens (tertiary/aromatic N) is 1. The van der Waals surface area contributed by atoms with Crippen molar-refractivity contribution in [3.8, 4) is 5.75 Å². The van der Waals surface area contributed by atoms with E-state index < -0.39 is 0 Å². The van der Waals surface area contributed by atoms with Crippen LogP contribution >= 0.6 is 0 Å². The molecule has 0 bridgehead atoms. The van der Waals surface area contributed by atoms with Crippen molar-refractivity contribution in [1.29, 1.82) is 0 Å². The van der Waals surface area contributed by atoms with Crippen LogP contribution in [0.1, 0.15) is 43.7 Å². The van der Waals surface area contributed by atoms with Gasteiger partial charge in [0.25, 0.3) is 0 Å². The van der Waals surface area contributed by atoms with E-state index >= 15 is 0 Å². The Morgan fingerprint density at radius 3 is 2.88 bits per heavy atom. The number of carbonyl (C=O) groups excluding carboxylic acids is 1. The number of ether oxygens (including phenoxy) is 2. The molecule has 1 saturated heterocycles. The molecule has 4 heteroatoms. The first kappa shape index (κ1) is 17.0. The van der Waals surface area contributed by atoms with Crippen LogP contribution in [0.5, 0.6) is 5.75 Å². The molecule has 4 nitrogen and oxygen atoms in total. The molecular weight excluding hydrogens is 302 g/mol. The smallest absolute Gasteiger partial charge is 0.310 e. The number of carbonyl (C=O) groups is 1. The molecule has 0 aromatic heterocycles. The molecule has 0 saturated carbocycles. The van der Waals surface area contributed by atoms with Crippen LogP contribution in [-0.4, -0.2) is 37.6 Å². The topological polar surface area (TPSA) is 38.8 Å². The van der Waals surface area contributed by atoms with Crippen molar-refractivity contribution >= 4 is 5.97 Å². The standard InChI is InChI=1S/C20H27NO3/c1-5-19(22)24-16-8-9-20(10-11-21(3)18(20)13-16)15-6-7-17(23-4)14(2)12-15/h6-8,12,18H,5,9-11,13H2,1-4H3/t18-,20-/m0/s1. The van der Waals surface area contributed by atoms with Crippen molar-refractivity contribution in [1.82, 2.24) is 4.90 Å². The van der Waals surface area contributed by atoms with Gasteiger partial charge in [-0.3, -0.25) is 4.79 Å². The predicted octanol–water partition coefficient (Wildman–Crippen LogP) is 3.58. The molecule has 130 valence electrons. The number of allylic oxidation sites excluding steroid dienone is 1. The molecule has 0 N–H and O–H groups in total. The molecule has 0 unspecified atom stereocenters. The monoisotopic (exact) mass is 329 g/mol. The third kappa shape index (κ3) is 2.84. The first-order chi connectivity index (χ1) is 11.5. The zero-order valence-electron chi connectivity index (χ0n) is 15.1. The minimum Gasteiger partial charge on any atom is -0.496 e. The van der Waals surface area contributed by atoms with Crippen molar-refractivity contribution in [2.24, 2.45) is 0 Å². The van der Waals surface area contributed by atoms with Crippen LogP contribution in [0.4, 0.5) is 0 Å². The Balaban J connectivity index is 1.93. The maximum Gasteiger partial charge on any atom is 0.310 e. The highest BCUT2D eigenvalue weighted by Gasteiger charge is 2.49. The lowest BCUT2D eigenvalue weighted by atomic mass is 9.68. The number of hydrogen-bond acceptors (Lipinski definition) is 4. The summed E-state index contributed by atoms with van der Waals surface area (Å²) in [6.07, 6.45) is 5.39. The van der Waals surface area contributed by atoms with Crippen molar-refractivity contribution in [2.75, 3.05) is 20.7 Å². The molecule has 1 heterocycles. The van der Waals surface area contributed by atoms with Crippen LogP contribution in [0, 0.1) is 6.92 Å². The van der Waals surface area contributed by atoms with Gasteiger partial charge >= 0.3 is 5.97 Å². The highest BCUT2D eigenvalue weighted by molar-refractivity contribution is 5.70. The van der Waals surface area contributed by atoms with Crippen molar-refractivity contribution < 1.29 is 14.3 Å². The van der Waals surface area contributed by atoms with Gasteiger partial charge in [0.2, 0.25) is 0 Å². The van der Waals surface area contributed by atoms with Crippen molar-refractivity contribution in [3.05, 3.63) is 41.2 Å². The Morgan fingerprint density at radius 2 is 2.21 bits per heavy atom. The summed E-state index contributed by atoms with van der Waals surface area (Å²) >= 11 is 0. The molecule has 1 fully saturated rings. The summed E-state index contributed by atoms with van der Waals surface area (Å²) in [6.45, 7) is 5.00. The van der Waals surface area contributed by atoms with Crippen LogP contribution in [0.2, 0.25) is 0 Å². The zero-order chi connectivity index (χ0) is 17.3. The van der Waals surface area contributed by atoms with Crippen molar-refractivity contribution in [3.63, 3.8) is 0 Å². The minimum absolute atomic E-state index is 0.105. The van der Waals surface area contributed by atoms with Crippen LogP contribution in [0.15, 0.2) is 30.0 Å². The third-order valence-corrected chi connectivity index (χ3v) is 5.67. The van der Waals surface area contributed by atoms with Crippen LogP contribution in [0.25, 0.3) is 0 Å². The third-order valence-electron chi connectivity index (χ3n) is 5.67. The summed E-state index contributed by atoms with van der Waals surface area (Å²) in [6, 6.07) is 6.91. The first-order valence-corrected chi connectivity index (χ1v) is 8.75. The van der Waals surface area contributed by atoms with Crippen molar-refractivity contribution in [2.45, 2.75) is 51.0 Å². The second kappa shape index (κ2) is 6.60. The van der Waals surface area contributed by atoms with Gasteiger partial charge < -0.3 is 14.4 Å². The molecular formula is C20H27NO3. The number of likely N-dealkylation sites (N-methyl/N-ethyl adjacent to an activating group) is 1. The first-order valence-electron chi connectivity index (χ1n) is 8.75. The van der Waals surface area contributed by atoms with E-state index in [1.807, 2.05) is 6.92 Å². The molecule has 2 aliphatic rings. The maximum atomic E-state index is 11.6. The van der Waals surface area contributed by atoms with E-state index in [-0.39, 0.29) is 11.4 Å². The summed E-state index contributed by atoms with van der Waals surface area (Å²) in [5, 5.41) is 0. The molecule has 1 aliphatic carbocycles. The van der Waals surface area contributed by atoms with Gasteiger partial charge in [0.05, 0.1) is 7.11 Å². The van der Waals surface area contributed by atoms with Gasteiger partial charge in [-0.2, -0.15) is 0 Å². The summed E-state index contributed by atoms with van der Waals surface area (Å²) in [4.78, 5) is 14.0. The van der Waals surface area contributed by atoms with E-state index in [9.17, 15) is 4.79 Å². The molecule has 2 atom stereocenters. The Bertz CT molecular complexity index is 667. The fourth-order valence-corrected chi connectivity index (χ4v) is 4.22. The van der Waals surface area contributed by atoms with Gasteiger partial charge in [-0.25, -0.2) is 0 Å². The summed E-state index contributed by atoms with van der Waals surface area (Å²) in [7, 11) is 3.89. The van der Waals surface area contributed by atoms with E-state index in [0.29, 0.717) is 12.5 Å². The summed E-state index contributed by atoms with van der Waals surface area (Å²) < 4.78 is 10.9. The Kier molecular flexibility index (Phi) is 4.68. The molecule has 0 radical (unpaired) electrons. The predicted molar refractivity (Wildman–Crippen MR) is 94.1 cm³/mol. The lowest BCUT2D eigenvalue weighted by molar-refractivity contribution is -0.139. The minimum atomic E-state index is -0.144. The van der Waals surface area contributed by atoms with E-state index in [1.54, 1.807) is 7.11 Å². The highest BCUT2D eigenvalue weighted by Crippen LogP contribution is 2.48. The summed E-state index contributed by atoms with van der Waals surface area (Å²) in [5.74, 6) is 1.62. The van der Waals surface area contributed by atoms with Crippen LogP contribution < -0.4 is 4.74 Å².